The Bertz CT molecular complexity index is 615. The van der Waals surface area contributed by atoms with Gasteiger partial charge in [0.05, 0.1) is 11.5 Å². The molecule has 1 aromatic rings. The molecule has 0 saturated carbocycles. The molecule has 8 heteroatoms. The first-order chi connectivity index (χ1) is 10.5. The van der Waals surface area contributed by atoms with Crippen LogP contribution >= 0.6 is 0 Å². The van der Waals surface area contributed by atoms with Crippen LogP contribution in [0, 0.1) is 10.1 Å². The Balaban J connectivity index is 2.32. The molecular weight excluding hydrogens is 292 g/mol. The topological polar surface area (TPSA) is 110 Å². The molecule has 0 unspecified atom stereocenters. The number of aliphatic carboxylic acids is 1. The van der Waals surface area contributed by atoms with E-state index in [0.717, 1.165) is 6.07 Å². The lowest BCUT2D eigenvalue weighted by atomic mass is 10.1. The molecule has 22 heavy (non-hydrogen) atoms. The van der Waals surface area contributed by atoms with E-state index in [4.69, 9.17) is 9.84 Å². The Hall–Kier alpha value is -2.64. The standard InChI is InChI=1S/C14H16N2O6/c1-2-22-12-6-5-9(8-11(12)16(20)21)13(17)15-7-3-4-10(15)14(18)19/h5-6,8,10H,2-4,7H2,1H3,(H,18,19)/t10-/m1/s1. The third kappa shape index (κ3) is 3.00. The summed E-state index contributed by atoms with van der Waals surface area (Å²) in [6, 6.07) is 3.03. The van der Waals surface area contributed by atoms with Crippen molar-refractivity contribution in [3.8, 4) is 5.75 Å². The number of nitrogens with zero attached hydrogens (tertiary/aromatic N) is 2. The molecule has 1 N–H and O–H groups in total. The summed E-state index contributed by atoms with van der Waals surface area (Å²) in [6.45, 7) is 2.29. The number of carboxylic acids is 1. The highest BCUT2D eigenvalue weighted by Crippen LogP contribution is 2.29. The third-order valence-corrected chi connectivity index (χ3v) is 3.50. The van der Waals surface area contributed by atoms with Crippen LogP contribution in [-0.4, -0.2) is 46.0 Å². The first kappa shape index (κ1) is 15.7. The van der Waals surface area contributed by atoms with Crippen LogP contribution in [0.5, 0.6) is 5.75 Å². The number of carbonyl (C=O) groups excluding carboxylic acids is 1. The summed E-state index contributed by atoms with van der Waals surface area (Å²) in [4.78, 5) is 35.2. The van der Waals surface area contributed by atoms with E-state index in [2.05, 4.69) is 0 Å². The molecular formula is C14H16N2O6. The lowest BCUT2D eigenvalue weighted by Gasteiger charge is -2.21. The quantitative estimate of drug-likeness (QED) is 0.654. The molecule has 0 aromatic heterocycles. The van der Waals surface area contributed by atoms with Gasteiger partial charge in [0.25, 0.3) is 5.91 Å². The number of carboxylic acid groups (broad SMARTS) is 1. The number of amides is 1. The van der Waals surface area contributed by atoms with Gasteiger partial charge in [0.1, 0.15) is 6.04 Å². The molecule has 118 valence electrons. The van der Waals surface area contributed by atoms with E-state index in [1.807, 2.05) is 0 Å². The fourth-order valence-corrected chi connectivity index (χ4v) is 2.50. The highest BCUT2D eigenvalue weighted by molar-refractivity contribution is 5.97. The van der Waals surface area contributed by atoms with Gasteiger partial charge in [-0.25, -0.2) is 4.79 Å². The van der Waals surface area contributed by atoms with Crippen LogP contribution in [0.3, 0.4) is 0 Å². The molecule has 2 rings (SSSR count). The van der Waals surface area contributed by atoms with Crippen LogP contribution < -0.4 is 4.74 Å². The number of carbonyl (C=O) groups is 2. The van der Waals surface area contributed by atoms with E-state index >= 15 is 0 Å². The zero-order valence-corrected chi connectivity index (χ0v) is 12.0. The summed E-state index contributed by atoms with van der Waals surface area (Å²) < 4.78 is 5.16. The Morgan fingerprint density at radius 2 is 2.23 bits per heavy atom. The number of nitro benzene ring substituents is 1. The zero-order chi connectivity index (χ0) is 16.3. The maximum Gasteiger partial charge on any atom is 0.326 e. The number of hydrogen-bond acceptors (Lipinski definition) is 5. The van der Waals surface area contributed by atoms with Crippen molar-refractivity contribution >= 4 is 17.6 Å². The average molecular weight is 308 g/mol. The smallest absolute Gasteiger partial charge is 0.326 e. The lowest BCUT2D eigenvalue weighted by molar-refractivity contribution is -0.385. The van der Waals surface area contributed by atoms with Crippen molar-refractivity contribution in [2.24, 2.45) is 0 Å². The van der Waals surface area contributed by atoms with E-state index in [1.165, 1.54) is 17.0 Å². The molecule has 0 aliphatic carbocycles. The van der Waals surface area contributed by atoms with Crippen LogP contribution in [0.15, 0.2) is 18.2 Å². The van der Waals surface area contributed by atoms with Gasteiger partial charge in [-0.3, -0.25) is 14.9 Å². The van der Waals surface area contributed by atoms with Crippen LogP contribution in [-0.2, 0) is 4.79 Å². The predicted molar refractivity (Wildman–Crippen MR) is 76.0 cm³/mol. The number of ether oxygens (including phenoxy) is 1. The summed E-state index contributed by atoms with van der Waals surface area (Å²) in [5.74, 6) is -1.50. The van der Waals surface area contributed by atoms with Crippen molar-refractivity contribution in [2.45, 2.75) is 25.8 Å². The van der Waals surface area contributed by atoms with Crippen molar-refractivity contribution in [1.29, 1.82) is 0 Å². The number of hydrogen-bond donors (Lipinski definition) is 1. The number of likely N-dealkylation sites (tertiary alicyclic amines) is 1. The van der Waals surface area contributed by atoms with Gasteiger partial charge in [-0.2, -0.15) is 0 Å². The minimum Gasteiger partial charge on any atom is -0.487 e. The Morgan fingerprint density at radius 1 is 1.50 bits per heavy atom. The monoisotopic (exact) mass is 308 g/mol. The summed E-state index contributed by atoms with van der Waals surface area (Å²) in [6.07, 6.45) is 0.988. The molecule has 1 fully saturated rings. The summed E-state index contributed by atoms with van der Waals surface area (Å²) in [7, 11) is 0. The van der Waals surface area contributed by atoms with Crippen LogP contribution in [0.2, 0.25) is 0 Å². The van der Waals surface area contributed by atoms with Crippen LogP contribution in [0.1, 0.15) is 30.1 Å². The molecule has 0 bridgehead atoms. The lowest BCUT2D eigenvalue weighted by Crippen LogP contribution is -2.40. The first-order valence-corrected chi connectivity index (χ1v) is 6.90. The molecule has 1 aromatic carbocycles. The number of nitro groups is 1. The second kappa shape index (κ2) is 6.42. The number of rotatable bonds is 5. The molecule has 0 spiro atoms. The molecule has 1 atom stereocenters. The maximum absolute atomic E-state index is 12.4. The van der Waals surface area contributed by atoms with E-state index in [1.54, 1.807) is 6.92 Å². The zero-order valence-electron chi connectivity index (χ0n) is 12.0. The van der Waals surface area contributed by atoms with Gasteiger partial charge in [0.15, 0.2) is 5.75 Å². The summed E-state index contributed by atoms with van der Waals surface area (Å²) in [5.41, 5.74) is -0.220. The van der Waals surface area contributed by atoms with E-state index in [9.17, 15) is 19.7 Å². The normalized spacial score (nSPS) is 17.3. The second-order valence-corrected chi connectivity index (χ2v) is 4.87. The third-order valence-electron chi connectivity index (χ3n) is 3.50. The van der Waals surface area contributed by atoms with E-state index in [0.29, 0.717) is 19.4 Å². The molecule has 1 amide bonds. The van der Waals surface area contributed by atoms with Gasteiger partial charge in [0, 0.05) is 18.2 Å². The maximum atomic E-state index is 12.4. The van der Waals surface area contributed by atoms with Crippen molar-refractivity contribution < 1.29 is 24.4 Å². The molecule has 1 aliphatic heterocycles. The van der Waals surface area contributed by atoms with Crippen LogP contribution in [0.25, 0.3) is 0 Å². The van der Waals surface area contributed by atoms with Gasteiger partial charge in [-0.15, -0.1) is 0 Å². The predicted octanol–water partition coefficient (Wildman–Crippen LogP) is 1.68. The minimum atomic E-state index is -1.06. The fraction of sp³-hybridized carbons (Fsp3) is 0.429. The molecule has 0 radical (unpaired) electrons. The molecule has 1 heterocycles. The summed E-state index contributed by atoms with van der Waals surface area (Å²) in [5, 5.41) is 20.2. The number of benzene rings is 1. The van der Waals surface area contributed by atoms with Crippen molar-refractivity contribution in [3.63, 3.8) is 0 Å². The Kier molecular flexibility index (Phi) is 4.59. The highest BCUT2D eigenvalue weighted by Gasteiger charge is 2.35. The van der Waals surface area contributed by atoms with Gasteiger partial charge < -0.3 is 14.7 Å². The molecule has 8 nitrogen and oxygen atoms in total. The SMILES string of the molecule is CCOc1ccc(C(=O)N2CCC[C@@H]2C(=O)O)cc1[N+](=O)[O-]. The Labute approximate surface area is 126 Å². The molecule has 1 saturated heterocycles. The van der Waals surface area contributed by atoms with Gasteiger partial charge in [-0.1, -0.05) is 0 Å². The van der Waals surface area contributed by atoms with Crippen molar-refractivity contribution in [2.75, 3.05) is 13.2 Å². The van der Waals surface area contributed by atoms with Gasteiger partial charge in [-0.05, 0) is 31.9 Å². The summed E-state index contributed by atoms with van der Waals surface area (Å²) >= 11 is 0. The largest absolute Gasteiger partial charge is 0.487 e. The molecule has 1 aliphatic rings. The second-order valence-electron chi connectivity index (χ2n) is 4.87. The van der Waals surface area contributed by atoms with E-state index in [-0.39, 0.29) is 23.6 Å². The van der Waals surface area contributed by atoms with E-state index < -0.39 is 22.8 Å². The Morgan fingerprint density at radius 3 is 2.82 bits per heavy atom. The van der Waals surface area contributed by atoms with Crippen molar-refractivity contribution in [1.82, 2.24) is 4.90 Å². The minimum absolute atomic E-state index is 0.0836. The van der Waals surface area contributed by atoms with Crippen LogP contribution in [0.4, 0.5) is 5.69 Å². The van der Waals surface area contributed by atoms with Gasteiger partial charge in [0.2, 0.25) is 0 Å². The van der Waals surface area contributed by atoms with Crippen molar-refractivity contribution in [3.05, 3.63) is 33.9 Å². The fourth-order valence-electron chi connectivity index (χ4n) is 2.50. The van der Waals surface area contributed by atoms with Gasteiger partial charge >= 0.3 is 11.7 Å². The first-order valence-electron chi connectivity index (χ1n) is 6.90. The average Bonchev–Trinajstić information content (AvgIpc) is 2.96. The highest BCUT2D eigenvalue weighted by atomic mass is 16.6.